The molecule has 0 aromatic carbocycles. The molecule has 0 saturated carbocycles. The average Bonchev–Trinajstić information content (AvgIpc) is 2.25. The maximum atomic E-state index is 13.5. The van der Waals surface area contributed by atoms with Crippen LogP contribution in [-0.4, -0.2) is 41.1 Å². The Bertz CT molecular complexity index is 383. The minimum Gasteiger partial charge on any atom is -0.444 e. The predicted octanol–water partition coefficient (Wildman–Crippen LogP) is 3.33. The molecule has 0 unspecified atom stereocenters. The van der Waals surface area contributed by atoms with Gasteiger partial charge in [0.15, 0.2) is 0 Å². The van der Waals surface area contributed by atoms with Gasteiger partial charge in [0, 0.05) is 32.9 Å². The summed E-state index contributed by atoms with van der Waals surface area (Å²) in [6, 6.07) is 0. The van der Waals surface area contributed by atoms with Gasteiger partial charge >= 0.3 is 12.0 Å². The van der Waals surface area contributed by atoms with E-state index in [1.54, 1.807) is 20.8 Å². The summed E-state index contributed by atoms with van der Waals surface area (Å²) in [6.45, 7) is 13.3. The number of hydrogen-bond donors (Lipinski definition) is 0. The molecule has 1 heterocycles. The van der Waals surface area contributed by atoms with Crippen LogP contribution in [0.1, 0.15) is 40.5 Å². The number of amides is 1. The monoisotopic (exact) mass is 274 g/mol. The van der Waals surface area contributed by atoms with Gasteiger partial charge in [-0.2, -0.15) is 8.78 Å². The van der Waals surface area contributed by atoms with Crippen LogP contribution in [0.5, 0.6) is 0 Å². The van der Waals surface area contributed by atoms with Crippen LogP contribution in [0.3, 0.4) is 0 Å². The number of nitrogens with zero attached hydrogens (tertiary/aromatic N) is 2. The van der Waals surface area contributed by atoms with E-state index in [9.17, 15) is 13.6 Å². The molecule has 0 radical (unpaired) electrons. The number of piperidine rings is 1. The second-order valence-electron chi connectivity index (χ2n) is 6.00. The molecule has 0 spiro atoms. The SMILES string of the molecule is [C-]#[N+]C1(C(C)(F)F)CCN(C(=O)OC(C)(C)C)CC1. The highest BCUT2D eigenvalue weighted by molar-refractivity contribution is 5.68. The maximum Gasteiger partial charge on any atom is 0.410 e. The number of ether oxygens (including phenoxy) is 1. The Morgan fingerprint density at radius 3 is 2.05 bits per heavy atom. The number of hydrogen-bond acceptors (Lipinski definition) is 2. The molecule has 1 aliphatic heterocycles. The van der Waals surface area contributed by atoms with Gasteiger partial charge in [-0.3, -0.25) is 0 Å². The average molecular weight is 274 g/mol. The molecular formula is C13H20F2N2O2. The fraction of sp³-hybridized carbons (Fsp3) is 0.846. The molecule has 4 nitrogen and oxygen atoms in total. The van der Waals surface area contributed by atoms with Crippen LogP contribution in [0.2, 0.25) is 0 Å². The highest BCUT2D eigenvalue weighted by Gasteiger charge is 2.58. The van der Waals surface area contributed by atoms with Gasteiger partial charge in [-0.15, -0.1) is 0 Å². The Balaban J connectivity index is 2.68. The lowest BCUT2D eigenvalue weighted by Gasteiger charge is -2.37. The first kappa shape index (κ1) is 15.7. The molecule has 1 fully saturated rings. The molecule has 1 rings (SSSR count). The number of carbonyl (C=O) groups excluding carboxylic acids is 1. The van der Waals surface area contributed by atoms with Crippen molar-refractivity contribution in [2.75, 3.05) is 13.1 Å². The van der Waals surface area contributed by atoms with Gasteiger partial charge < -0.3 is 14.5 Å². The summed E-state index contributed by atoms with van der Waals surface area (Å²) >= 11 is 0. The summed E-state index contributed by atoms with van der Waals surface area (Å²) in [5, 5.41) is 0. The molecule has 1 amide bonds. The zero-order valence-corrected chi connectivity index (χ0v) is 11.8. The third-order valence-electron chi connectivity index (χ3n) is 3.27. The van der Waals surface area contributed by atoms with Crippen molar-refractivity contribution in [3.8, 4) is 0 Å². The Hall–Kier alpha value is -1.38. The smallest absolute Gasteiger partial charge is 0.410 e. The van der Waals surface area contributed by atoms with E-state index in [2.05, 4.69) is 4.85 Å². The molecule has 0 bridgehead atoms. The van der Waals surface area contributed by atoms with Gasteiger partial charge in [-0.05, 0) is 20.8 Å². The van der Waals surface area contributed by atoms with Crippen LogP contribution in [0.15, 0.2) is 0 Å². The quantitative estimate of drug-likeness (QED) is 0.687. The Morgan fingerprint density at radius 1 is 1.26 bits per heavy atom. The Kier molecular flexibility index (Phi) is 4.08. The largest absolute Gasteiger partial charge is 0.444 e. The number of likely N-dealkylation sites (tertiary alicyclic amines) is 1. The third kappa shape index (κ3) is 3.55. The van der Waals surface area contributed by atoms with Gasteiger partial charge in [0.1, 0.15) is 5.60 Å². The van der Waals surface area contributed by atoms with Gasteiger partial charge in [0.2, 0.25) is 0 Å². The van der Waals surface area contributed by atoms with Crippen LogP contribution < -0.4 is 0 Å². The molecule has 0 aromatic heterocycles. The maximum absolute atomic E-state index is 13.5. The van der Waals surface area contributed by atoms with Gasteiger partial charge in [-0.25, -0.2) is 11.4 Å². The van der Waals surface area contributed by atoms with Crippen molar-refractivity contribution in [2.45, 2.75) is 57.6 Å². The van der Waals surface area contributed by atoms with Crippen molar-refractivity contribution in [1.82, 2.24) is 4.90 Å². The number of halogens is 2. The second kappa shape index (κ2) is 4.95. The summed E-state index contributed by atoms with van der Waals surface area (Å²) in [5.41, 5.74) is -2.30. The predicted molar refractivity (Wildman–Crippen MR) is 67.0 cm³/mol. The fourth-order valence-electron chi connectivity index (χ4n) is 2.03. The summed E-state index contributed by atoms with van der Waals surface area (Å²) in [5.74, 6) is -3.06. The lowest BCUT2D eigenvalue weighted by Crippen LogP contribution is -2.53. The van der Waals surface area contributed by atoms with Crippen LogP contribution >= 0.6 is 0 Å². The molecule has 0 N–H and O–H groups in total. The summed E-state index contributed by atoms with van der Waals surface area (Å²) in [7, 11) is 0. The minimum atomic E-state index is -3.06. The molecular weight excluding hydrogens is 254 g/mol. The van der Waals surface area contributed by atoms with Gasteiger partial charge in [-0.1, -0.05) is 0 Å². The normalized spacial score (nSPS) is 19.7. The van der Waals surface area contributed by atoms with E-state index in [0.29, 0.717) is 0 Å². The standard InChI is InChI=1S/C13H20F2N2O2/c1-11(2,3)19-10(18)17-8-6-13(16-5,7-9-17)12(4,14)15/h6-9H2,1-4H3. The van der Waals surface area contributed by atoms with Crippen molar-refractivity contribution in [3.63, 3.8) is 0 Å². The first-order valence-corrected chi connectivity index (χ1v) is 6.25. The van der Waals surface area contributed by atoms with E-state index in [-0.39, 0.29) is 25.9 Å². The Labute approximate surface area is 112 Å². The van der Waals surface area contributed by atoms with Crippen molar-refractivity contribution < 1.29 is 18.3 Å². The molecule has 6 heteroatoms. The summed E-state index contributed by atoms with van der Waals surface area (Å²) in [6.07, 6.45) is -0.566. The van der Waals surface area contributed by atoms with Crippen LogP contribution in [0.4, 0.5) is 13.6 Å². The van der Waals surface area contributed by atoms with E-state index in [1.807, 2.05) is 0 Å². The van der Waals surface area contributed by atoms with E-state index in [1.165, 1.54) is 4.90 Å². The summed E-state index contributed by atoms with van der Waals surface area (Å²) in [4.78, 5) is 16.3. The Morgan fingerprint density at radius 2 is 1.74 bits per heavy atom. The van der Waals surface area contributed by atoms with E-state index >= 15 is 0 Å². The van der Waals surface area contributed by atoms with Crippen LogP contribution in [0, 0.1) is 6.57 Å². The zero-order valence-electron chi connectivity index (χ0n) is 11.8. The molecule has 1 aliphatic rings. The highest BCUT2D eigenvalue weighted by atomic mass is 19.3. The molecule has 0 aromatic rings. The van der Waals surface area contributed by atoms with E-state index < -0.39 is 23.2 Å². The molecule has 19 heavy (non-hydrogen) atoms. The van der Waals surface area contributed by atoms with Crippen molar-refractivity contribution in [1.29, 1.82) is 0 Å². The summed E-state index contributed by atoms with van der Waals surface area (Å²) < 4.78 is 32.2. The first-order valence-electron chi connectivity index (χ1n) is 6.25. The van der Waals surface area contributed by atoms with Gasteiger partial charge in [0.05, 0.1) is 0 Å². The van der Waals surface area contributed by atoms with Crippen molar-refractivity contribution in [3.05, 3.63) is 11.4 Å². The molecule has 0 atom stereocenters. The van der Waals surface area contributed by atoms with Crippen molar-refractivity contribution in [2.24, 2.45) is 0 Å². The molecule has 108 valence electrons. The fourth-order valence-corrected chi connectivity index (χ4v) is 2.03. The zero-order chi connectivity index (χ0) is 14.9. The lowest BCUT2D eigenvalue weighted by atomic mass is 9.83. The first-order chi connectivity index (χ1) is 8.51. The number of carbonyl (C=O) groups is 1. The van der Waals surface area contributed by atoms with E-state index in [4.69, 9.17) is 11.3 Å². The lowest BCUT2D eigenvalue weighted by molar-refractivity contribution is -0.0643. The highest BCUT2D eigenvalue weighted by Crippen LogP contribution is 2.40. The topological polar surface area (TPSA) is 33.9 Å². The van der Waals surface area contributed by atoms with Crippen molar-refractivity contribution >= 4 is 6.09 Å². The van der Waals surface area contributed by atoms with Crippen LogP contribution in [-0.2, 0) is 4.74 Å². The number of rotatable bonds is 1. The second-order valence-corrected chi connectivity index (χ2v) is 6.00. The number of alkyl halides is 2. The van der Waals surface area contributed by atoms with Crippen LogP contribution in [0.25, 0.3) is 4.85 Å². The van der Waals surface area contributed by atoms with E-state index in [0.717, 1.165) is 6.92 Å². The van der Waals surface area contributed by atoms with Gasteiger partial charge in [0.25, 0.3) is 5.54 Å². The minimum absolute atomic E-state index is 0.0285. The molecule has 1 saturated heterocycles. The molecule has 0 aliphatic carbocycles. The third-order valence-corrected chi connectivity index (χ3v) is 3.27.